The standard InChI is InChI=1S/C13H29N3OS.HI/c1-11(2)9-17-8-7-15-12(14-5)16-10-13(3,4)18-6;/h11H,7-10H2,1-6H3,(H2,14,15,16);1H. The molecule has 19 heavy (non-hydrogen) atoms. The number of hydrogen-bond acceptors (Lipinski definition) is 3. The first-order chi connectivity index (χ1) is 8.41. The lowest BCUT2D eigenvalue weighted by Crippen LogP contribution is -2.44. The van der Waals surface area contributed by atoms with Gasteiger partial charge in [0.1, 0.15) is 0 Å². The van der Waals surface area contributed by atoms with Gasteiger partial charge >= 0.3 is 0 Å². The summed E-state index contributed by atoms with van der Waals surface area (Å²) in [6.45, 7) is 11.9. The lowest BCUT2D eigenvalue weighted by atomic mass is 10.2. The van der Waals surface area contributed by atoms with Crippen molar-refractivity contribution in [1.82, 2.24) is 10.6 Å². The van der Waals surface area contributed by atoms with Crippen LogP contribution < -0.4 is 10.6 Å². The van der Waals surface area contributed by atoms with E-state index >= 15 is 0 Å². The molecule has 0 atom stereocenters. The molecule has 0 aliphatic heterocycles. The smallest absolute Gasteiger partial charge is 0.191 e. The largest absolute Gasteiger partial charge is 0.379 e. The Morgan fingerprint density at radius 3 is 2.42 bits per heavy atom. The Balaban J connectivity index is 0. The second-order valence-electron chi connectivity index (χ2n) is 5.29. The van der Waals surface area contributed by atoms with Crippen molar-refractivity contribution >= 4 is 41.7 Å². The number of nitrogens with zero attached hydrogens (tertiary/aromatic N) is 1. The van der Waals surface area contributed by atoms with E-state index in [1.807, 2.05) is 11.8 Å². The summed E-state index contributed by atoms with van der Waals surface area (Å²) in [7, 11) is 1.79. The fourth-order valence-electron chi connectivity index (χ4n) is 1.15. The van der Waals surface area contributed by atoms with Gasteiger partial charge in [0.05, 0.1) is 6.61 Å². The Bertz CT molecular complexity index is 248. The number of ether oxygens (including phenoxy) is 1. The summed E-state index contributed by atoms with van der Waals surface area (Å²) in [6, 6.07) is 0. The van der Waals surface area contributed by atoms with Crippen molar-refractivity contribution in [1.29, 1.82) is 0 Å². The maximum atomic E-state index is 5.51. The number of hydrogen-bond donors (Lipinski definition) is 2. The zero-order valence-corrected chi connectivity index (χ0v) is 16.2. The number of thioether (sulfide) groups is 1. The van der Waals surface area contributed by atoms with Crippen molar-refractivity contribution in [3.05, 3.63) is 0 Å². The SMILES string of the molecule is CN=C(NCCOCC(C)C)NCC(C)(C)SC.I. The van der Waals surface area contributed by atoms with Crippen LogP contribution in [0.3, 0.4) is 0 Å². The minimum Gasteiger partial charge on any atom is -0.379 e. The van der Waals surface area contributed by atoms with Crippen LogP contribution in [-0.4, -0.2) is 50.3 Å². The molecule has 0 aromatic heterocycles. The molecule has 0 aliphatic rings. The quantitative estimate of drug-likeness (QED) is 0.283. The highest BCUT2D eigenvalue weighted by atomic mass is 127. The highest BCUT2D eigenvalue weighted by Gasteiger charge is 2.15. The Kier molecular flexibility index (Phi) is 13.7. The van der Waals surface area contributed by atoms with E-state index in [2.05, 4.69) is 49.6 Å². The molecule has 0 amide bonds. The number of guanidine groups is 1. The van der Waals surface area contributed by atoms with Crippen LogP contribution in [0, 0.1) is 5.92 Å². The van der Waals surface area contributed by atoms with Crippen LogP contribution in [0.25, 0.3) is 0 Å². The molecule has 0 spiro atoms. The molecule has 0 aliphatic carbocycles. The van der Waals surface area contributed by atoms with E-state index in [-0.39, 0.29) is 28.7 Å². The second kappa shape index (κ2) is 12.1. The summed E-state index contributed by atoms with van der Waals surface area (Å²) in [4.78, 5) is 4.19. The number of aliphatic imine (C=N–C) groups is 1. The van der Waals surface area contributed by atoms with Crippen LogP contribution in [0.15, 0.2) is 4.99 Å². The monoisotopic (exact) mass is 403 g/mol. The molecule has 0 radical (unpaired) electrons. The molecule has 4 nitrogen and oxygen atoms in total. The normalized spacial score (nSPS) is 12.3. The number of halogens is 1. The van der Waals surface area contributed by atoms with Gasteiger partial charge in [0.2, 0.25) is 0 Å². The molecular weight excluding hydrogens is 373 g/mol. The predicted octanol–water partition coefficient (Wildman–Crippen LogP) is 2.58. The first-order valence-electron chi connectivity index (χ1n) is 6.48. The predicted molar refractivity (Wildman–Crippen MR) is 98.0 cm³/mol. The van der Waals surface area contributed by atoms with E-state index in [1.165, 1.54) is 0 Å². The van der Waals surface area contributed by atoms with E-state index < -0.39 is 0 Å². The lowest BCUT2D eigenvalue weighted by Gasteiger charge is -2.23. The maximum absolute atomic E-state index is 5.51. The second-order valence-corrected chi connectivity index (χ2v) is 6.80. The van der Waals surface area contributed by atoms with Crippen LogP contribution in [0.1, 0.15) is 27.7 Å². The zero-order valence-electron chi connectivity index (χ0n) is 13.1. The van der Waals surface area contributed by atoms with Gasteiger partial charge in [-0.05, 0) is 26.0 Å². The highest BCUT2D eigenvalue weighted by molar-refractivity contribution is 14.0. The van der Waals surface area contributed by atoms with Gasteiger partial charge in [0.25, 0.3) is 0 Å². The Hall–Kier alpha value is 0.310. The van der Waals surface area contributed by atoms with Crippen molar-refractivity contribution in [3.63, 3.8) is 0 Å². The number of rotatable bonds is 8. The van der Waals surface area contributed by atoms with Crippen LogP contribution >= 0.6 is 35.7 Å². The molecule has 0 rings (SSSR count). The molecule has 0 unspecified atom stereocenters. The van der Waals surface area contributed by atoms with Gasteiger partial charge in [-0.25, -0.2) is 0 Å². The van der Waals surface area contributed by atoms with Crippen molar-refractivity contribution in [2.45, 2.75) is 32.4 Å². The van der Waals surface area contributed by atoms with E-state index in [1.54, 1.807) is 7.05 Å². The van der Waals surface area contributed by atoms with E-state index in [9.17, 15) is 0 Å². The zero-order chi connectivity index (χ0) is 14.0. The van der Waals surface area contributed by atoms with E-state index in [0.29, 0.717) is 12.5 Å². The topological polar surface area (TPSA) is 45.7 Å². The van der Waals surface area contributed by atoms with Gasteiger partial charge < -0.3 is 15.4 Å². The highest BCUT2D eigenvalue weighted by Crippen LogP contribution is 2.19. The Labute approximate surface area is 139 Å². The summed E-state index contributed by atoms with van der Waals surface area (Å²) < 4.78 is 5.72. The molecule has 0 bridgehead atoms. The fourth-order valence-corrected chi connectivity index (χ4v) is 1.37. The van der Waals surface area contributed by atoms with Crippen molar-refractivity contribution in [2.24, 2.45) is 10.9 Å². The Morgan fingerprint density at radius 2 is 1.95 bits per heavy atom. The van der Waals surface area contributed by atoms with Gasteiger partial charge in [-0.2, -0.15) is 11.8 Å². The van der Waals surface area contributed by atoms with E-state index in [0.717, 1.165) is 25.7 Å². The lowest BCUT2D eigenvalue weighted by molar-refractivity contribution is 0.114. The minimum atomic E-state index is 0. The number of nitrogens with one attached hydrogen (secondary N) is 2. The molecule has 2 N–H and O–H groups in total. The minimum absolute atomic E-state index is 0. The van der Waals surface area contributed by atoms with E-state index in [4.69, 9.17) is 4.74 Å². The molecule has 0 saturated carbocycles. The molecule has 0 aromatic carbocycles. The fraction of sp³-hybridized carbons (Fsp3) is 0.923. The van der Waals surface area contributed by atoms with Gasteiger partial charge in [-0.1, -0.05) is 13.8 Å². The van der Waals surface area contributed by atoms with Crippen LogP contribution in [0.5, 0.6) is 0 Å². The van der Waals surface area contributed by atoms with Crippen molar-refractivity contribution in [3.8, 4) is 0 Å². The third-order valence-corrected chi connectivity index (χ3v) is 3.70. The van der Waals surface area contributed by atoms with Crippen LogP contribution in [0.4, 0.5) is 0 Å². The summed E-state index contributed by atoms with van der Waals surface area (Å²) in [6.07, 6.45) is 2.12. The summed E-state index contributed by atoms with van der Waals surface area (Å²) >= 11 is 1.84. The molecular formula is C13H30IN3OS. The molecule has 116 valence electrons. The van der Waals surface area contributed by atoms with Crippen LogP contribution in [0.2, 0.25) is 0 Å². The molecule has 0 heterocycles. The van der Waals surface area contributed by atoms with Gasteiger partial charge in [0.15, 0.2) is 5.96 Å². The van der Waals surface area contributed by atoms with Crippen molar-refractivity contribution < 1.29 is 4.74 Å². The first kappa shape index (κ1) is 21.6. The van der Waals surface area contributed by atoms with Crippen molar-refractivity contribution in [2.75, 3.05) is 39.6 Å². The van der Waals surface area contributed by atoms with Gasteiger partial charge in [0, 0.05) is 31.5 Å². The third kappa shape index (κ3) is 13.1. The third-order valence-electron chi connectivity index (χ3n) is 2.45. The Morgan fingerprint density at radius 1 is 1.32 bits per heavy atom. The van der Waals surface area contributed by atoms with Gasteiger partial charge in [-0.15, -0.1) is 24.0 Å². The average Bonchev–Trinajstić information content (AvgIpc) is 2.32. The molecule has 0 aromatic rings. The van der Waals surface area contributed by atoms with Gasteiger partial charge in [-0.3, -0.25) is 4.99 Å². The first-order valence-corrected chi connectivity index (χ1v) is 7.71. The molecule has 6 heteroatoms. The maximum Gasteiger partial charge on any atom is 0.191 e. The van der Waals surface area contributed by atoms with Crippen LogP contribution in [-0.2, 0) is 4.74 Å². The molecule has 0 saturated heterocycles. The summed E-state index contributed by atoms with van der Waals surface area (Å²) in [5, 5.41) is 6.57. The summed E-state index contributed by atoms with van der Waals surface area (Å²) in [5.41, 5.74) is 0. The summed E-state index contributed by atoms with van der Waals surface area (Å²) in [5.74, 6) is 1.43. The average molecular weight is 403 g/mol. The molecule has 0 fully saturated rings.